The van der Waals surface area contributed by atoms with Gasteiger partial charge in [0.2, 0.25) is 10.0 Å². The molecular weight excluding hydrogens is 374 g/mol. The molecule has 156 valence electrons. The monoisotopic (exact) mass is 408 g/mol. The van der Waals surface area contributed by atoms with Crippen molar-refractivity contribution in [1.82, 2.24) is 4.31 Å². The van der Waals surface area contributed by atoms with Gasteiger partial charge in [-0.1, -0.05) is 12.5 Å². The Labute approximate surface area is 169 Å². The lowest BCUT2D eigenvalue weighted by Gasteiger charge is -2.35. The minimum Gasteiger partial charge on any atom is -0.321 e. The summed E-state index contributed by atoms with van der Waals surface area (Å²) >= 11 is 0. The fraction of sp³-hybridized carbons (Fsp3) is 0.667. The molecule has 0 spiro atoms. The summed E-state index contributed by atoms with van der Waals surface area (Å²) in [5, 5.41) is 2.97. The van der Waals surface area contributed by atoms with E-state index >= 15 is 0 Å². The van der Waals surface area contributed by atoms with E-state index in [-0.39, 0.29) is 10.8 Å². The minimum atomic E-state index is -3.51. The second kappa shape index (κ2) is 8.51. The Morgan fingerprint density at radius 2 is 1.75 bits per heavy atom. The molecule has 28 heavy (non-hydrogen) atoms. The first-order chi connectivity index (χ1) is 13.2. The van der Waals surface area contributed by atoms with Gasteiger partial charge in [-0.05, 0) is 63.1 Å². The van der Waals surface area contributed by atoms with Crippen LogP contribution < -0.4 is 5.32 Å². The highest BCUT2D eigenvalue weighted by atomic mass is 32.2. The fourth-order valence-corrected chi connectivity index (χ4v) is 5.99. The van der Waals surface area contributed by atoms with Crippen LogP contribution in [0.5, 0.6) is 0 Å². The number of hydrogen-bond donors (Lipinski definition) is 1. The summed E-state index contributed by atoms with van der Waals surface area (Å²) in [4.78, 5) is 13.0. The highest BCUT2D eigenvalue weighted by molar-refractivity contribution is 7.89. The maximum atomic E-state index is 12.9. The van der Waals surface area contributed by atoms with Gasteiger partial charge < -0.3 is 9.80 Å². The molecule has 1 N–H and O–H groups in total. The van der Waals surface area contributed by atoms with Crippen LogP contribution in [0.4, 0.5) is 5.69 Å². The molecule has 1 aromatic carbocycles. The fourth-order valence-electron chi connectivity index (χ4n) is 4.44. The van der Waals surface area contributed by atoms with E-state index in [1.807, 2.05) is 6.92 Å². The number of carbonyl (C=O) groups is 1. The van der Waals surface area contributed by atoms with Gasteiger partial charge in [-0.25, -0.2) is 8.42 Å². The standard InChI is InChI=1S/C21H33N3O3S/c1-17-11-12-19(28(26,27)23-13-7-4-8-14-23)15-20(17)22-21(25)16-24(2,3)18-9-5-6-10-18/h11-12,15,18H,4-10,13-14,16H2,1-3H3/p+1. The third-order valence-electron chi connectivity index (χ3n) is 6.30. The zero-order chi connectivity index (χ0) is 20.4. The zero-order valence-corrected chi connectivity index (χ0v) is 18.2. The molecule has 1 aliphatic carbocycles. The third-order valence-corrected chi connectivity index (χ3v) is 8.19. The lowest BCUT2D eigenvalue weighted by atomic mass is 10.1. The van der Waals surface area contributed by atoms with Crippen LogP contribution in [0.15, 0.2) is 23.1 Å². The second-order valence-corrected chi connectivity index (χ2v) is 10.8. The summed E-state index contributed by atoms with van der Waals surface area (Å²) in [5.41, 5.74) is 1.46. The summed E-state index contributed by atoms with van der Waals surface area (Å²) in [5.74, 6) is -0.0625. The summed E-state index contributed by atoms with van der Waals surface area (Å²) in [6, 6.07) is 5.57. The normalized spacial score (nSPS) is 19.7. The van der Waals surface area contributed by atoms with Crippen molar-refractivity contribution >= 4 is 21.6 Å². The Hall–Kier alpha value is -1.44. The molecule has 1 heterocycles. The Morgan fingerprint density at radius 3 is 2.39 bits per heavy atom. The molecule has 6 nitrogen and oxygen atoms in total. The van der Waals surface area contributed by atoms with E-state index in [0.717, 1.165) is 24.8 Å². The molecule has 7 heteroatoms. The average Bonchev–Trinajstić information content (AvgIpc) is 3.19. The number of hydrogen-bond acceptors (Lipinski definition) is 3. The van der Waals surface area contributed by atoms with Crippen LogP contribution in [0.25, 0.3) is 0 Å². The molecule has 3 rings (SSSR count). The molecule has 2 fully saturated rings. The second-order valence-electron chi connectivity index (χ2n) is 8.86. The third kappa shape index (κ3) is 4.75. The van der Waals surface area contributed by atoms with E-state index in [0.29, 0.717) is 35.8 Å². The molecule has 0 aromatic heterocycles. The summed E-state index contributed by atoms with van der Waals surface area (Å²) in [7, 11) is 0.714. The van der Waals surface area contributed by atoms with E-state index in [9.17, 15) is 13.2 Å². The van der Waals surface area contributed by atoms with Crippen LogP contribution >= 0.6 is 0 Å². The van der Waals surface area contributed by atoms with Crippen molar-refractivity contribution in [3.63, 3.8) is 0 Å². The first kappa shape index (κ1) is 21.3. The van der Waals surface area contributed by atoms with E-state index in [1.54, 1.807) is 22.5 Å². The van der Waals surface area contributed by atoms with Gasteiger partial charge in [0, 0.05) is 18.8 Å². The smallest absolute Gasteiger partial charge is 0.279 e. The summed E-state index contributed by atoms with van der Waals surface area (Å²) in [6.07, 6.45) is 7.71. The van der Waals surface area contributed by atoms with Crippen molar-refractivity contribution < 1.29 is 17.7 Å². The van der Waals surface area contributed by atoms with Crippen LogP contribution in [0.2, 0.25) is 0 Å². The number of piperidine rings is 1. The first-order valence-corrected chi connectivity index (χ1v) is 11.9. The van der Waals surface area contributed by atoms with Crippen LogP contribution in [0.3, 0.4) is 0 Å². The maximum absolute atomic E-state index is 12.9. The van der Waals surface area contributed by atoms with Gasteiger partial charge in [0.05, 0.1) is 25.0 Å². The molecule has 0 unspecified atom stereocenters. The molecular formula is C21H34N3O3S+. The number of anilines is 1. The van der Waals surface area contributed by atoms with E-state index in [2.05, 4.69) is 19.4 Å². The van der Waals surface area contributed by atoms with Gasteiger partial charge in [-0.2, -0.15) is 4.31 Å². The summed E-state index contributed by atoms with van der Waals surface area (Å²) in [6.45, 7) is 3.44. The Balaban J connectivity index is 1.73. The number of carbonyl (C=O) groups excluding carboxylic acids is 1. The Morgan fingerprint density at radius 1 is 1.11 bits per heavy atom. The SMILES string of the molecule is Cc1ccc(S(=O)(=O)N2CCCCC2)cc1NC(=O)C[N+](C)(C)C1CCCC1. The number of nitrogens with one attached hydrogen (secondary N) is 1. The van der Waals surface area contributed by atoms with Crippen molar-refractivity contribution in [2.24, 2.45) is 0 Å². The number of aryl methyl sites for hydroxylation is 1. The van der Waals surface area contributed by atoms with Crippen molar-refractivity contribution in [2.45, 2.75) is 62.8 Å². The zero-order valence-electron chi connectivity index (χ0n) is 17.4. The number of quaternary nitrogens is 1. The lowest BCUT2D eigenvalue weighted by Crippen LogP contribution is -2.51. The predicted molar refractivity (Wildman–Crippen MR) is 112 cm³/mol. The average molecular weight is 409 g/mol. The van der Waals surface area contributed by atoms with Crippen LogP contribution in [-0.4, -0.2) is 62.9 Å². The molecule has 1 saturated heterocycles. The number of nitrogens with zero attached hydrogens (tertiary/aromatic N) is 2. The largest absolute Gasteiger partial charge is 0.321 e. The molecule has 1 aromatic rings. The van der Waals surface area contributed by atoms with Crippen molar-refractivity contribution in [3.05, 3.63) is 23.8 Å². The van der Waals surface area contributed by atoms with Gasteiger partial charge in [0.1, 0.15) is 0 Å². The highest BCUT2D eigenvalue weighted by Crippen LogP contribution is 2.28. The number of likely N-dealkylation sites (N-methyl/N-ethyl adjacent to an activating group) is 1. The maximum Gasteiger partial charge on any atom is 0.279 e. The predicted octanol–water partition coefficient (Wildman–Crippen LogP) is 3.13. The van der Waals surface area contributed by atoms with Gasteiger partial charge in [-0.3, -0.25) is 4.79 Å². The molecule has 0 atom stereocenters. The Kier molecular flexibility index (Phi) is 6.47. The molecule has 1 saturated carbocycles. The van der Waals surface area contributed by atoms with Gasteiger partial charge in [0.25, 0.3) is 5.91 Å². The van der Waals surface area contributed by atoms with Gasteiger partial charge in [0.15, 0.2) is 6.54 Å². The van der Waals surface area contributed by atoms with Gasteiger partial charge in [-0.15, -0.1) is 0 Å². The first-order valence-electron chi connectivity index (χ1n) is 10.4. The van der Waals surface area contributed by atoms with Crippen molar-refractivity contribution in [1.29, 1.82) is 0 Å². The number of sulfonamides is 1. The highest BCUT2D eigenvalue weighted by Gasteiger charge is 2.33. The molecule has 2 aliphatic rings. The quantitative estimate of drug-likeness (QED) is 0.736. The molecule has 0 bridgehead atoms. The summed E-state index contributed by atoms with van der Waals surface area (Å²) < 4.78 is 28.1. The number of rotatable bonds is 6. The number of amides is 1. The molecule has 1 aliphatic heterocycles. The Bertz CT molecular complexity index is 808. The number of benzene rings is 1. The van der Waals surface area contributed by atoms with E-state index < -0.39 is 10.0 Å². The lowest BCUT2D eigenvalue weighted by molar-refractivity contribution is -0.906. The van der Waals surface area contributed by atoms with Crippen LogP contribution in [0.1, 0.15) is 50.5 Å². The van der Waals surface area contributed by atoms with Gasteiger partial charge >= 0.3 is 0 Å². The molecule has 0 radical (unpaired) electrons. The van der Waals surface area contributed by atoms with Crippen molar-refractivity contribution in [2.75, 3.05) is 39.0 Å². The van der Waals surface area contributed by atoms with Crippen LogP contribution in [-0.2, 0) is 14.8 Å². The minimum absolute atomic E-state index is 0.0625. The van der Waals surface area contributed by atoms with E-state index in [1.165, 1.54) is 25.7 Å². The van der Waals surface area contributed by atoms with Crippen molar-refractivity contribution in [3.8, 4) is 0 Å². The van der Waals surface area contributed by atoms with E-state index in [4.69, 9.17) is 0 Å². The topological polar surface area (TPSA) is 66.5 Å². The van der Waals surface area contributed by atoms with Crippen LogP contribution in [0, 0.1) is 6.92 Å². The molecule has 1 amide bonds.